The van der Waals surface area contributed by atoms with Crippen LogP contribution in [0.5, 0.6) is 0 Å². The molecule has 2 rings (SSSR count). The summed E-state index contributed by atoms with van der Waals surface area (Å²) in [5.41, 5.74) is 1.08. The van der Waals surface area contributed by atoms with Gasteiger partial charge in [0.1, 0.15) is 11.8 Å². The summed E-state index contributed by atoms with van der Waals surface area (Å²) < 4.78 is 0. The molecule has 1 fully saturated rings. The van der Waals surface area contributed by atoms with Crippen molar-refractivity contribution in [3.05, 3.63) is 35.9 Å². The summed E-state index contributed by atoms with van der Waals surface area (Å²) in [5, 5.41) is 9.21. The van der Waals surface area contributed by atoms with Gasteiger partial charge in [-0.2, -0.15) is 0 Å². The molecule has 1 aliphatic heterocycles. The lowest BCUT2D eigenvalue weighted by molar-refractivity contribution is -0.142. The number of ketones is 1. The molecule has 1 aliphatic rings. The van der Waals surface area contributed by atoms with Gasteiger partial charge in [0, 0.05) is 19.0 Å². The number of carbonyl (C=O) groups is 2. The van der Waals surface area contributed by atoms with E-state index in [0.29, 0.717) is 19.5 Å². The van der Waals surface area contributed by atoms with Gasteiger partial charge in [-0.15, -0.1) is 0 Å². The highest BCUT2D eigenvalue weighted by atomic mass is 16.4. The summed E-state index contributed by atoms with van der Waals surface area (Å²) in [5.74, 6) is -0.902. The maximum atomic E-state index is 11.4. The van der Waals surface area contributed by atoms with Gasteiger partial charge in [0.15, 0.2) is 0 Å². The number of hydrogen-bond donors (Lipinski definition) is 1. The molecule has 1 unspecified atom stereocenters. The molecular weight excluding hydrogens is 230 g/mol. The zero-order valence-corrected chi connectivity index (χ0v) is 10.4. The average molecular weight is 247 g/mol. The third-order valence-electron chi connectivity index (χ3n) is 3.49. The number of hydrogen-bond acceptors (Lipinski definition) is 3. The Morgan fingerprint density at radius 3 is 2.56 bits per heavy atom. The number of benzene rings is 1. The number of carboxylic acids is 1. The van der Waals surface area contributed by atoms with Gasteiger partial charge in [0.2, 0.25) is 0 Å². The van der Waals surface area contributed by atoms with Gasteiger partial charge in [-0.25, -0.2) is 0 Å². The first-order chi connectivity index (χ1) is 8.58. The van der Waals surface area contributed by atoms with E-state index in [2.05, 4.69) is 0 Å². The van der Waals surface area contributed by atoms with Gasteiger partial charge in [-0.3, -0.25) is 14.5 Å². The number of carbonyl (C=O) groups excluding carboxylic acids is 1. The van der Waals surface area contributed by atoms with E-state index in [9.17, 15) is 14.7 Å². The molecule has 0 aromatic heterocycles. The Labute approximate surface area is 106 Å². The first kappa shape index (κ1) is 12.8. The summed E-state index contributed by atoms with van der Waals surface area (Å²) in [6.07, 6.45) is 0.428. The van der Waals surface area contributed by atoms with Crippen molar-refractivity contribution in [3.63, 3.8) is 0 Å². The molecule has 1 saturated heterocycles. The molecule has 4 nitrogen and oxygen atoms in total. The lowest BCUT2D eigenvalue weighted by Crippen LogP contribution is -2.35. The number of carboxylic acid groups (broad SMARTS) is 1. The van der Waals surface area contributed by atoms with Gasteiger partial charge in [0.25, 0.3) is 0 Å². The van der Waals surface area contributed by atoms with Crippen LogP contribution in [0.15, 0.2) is 30.3 Å². The van der Waals surface area contributed by atoms with E-state index in [1.807, 2.05) is 35.2 Å². The topological polar surface area (TPSA) is 57.6 Å². The van der Waals surface area contributed by atoms with Crippen molar-refractivity contribution >= 4 is 11.8 Å². The Morgan fingerprint density at radius 2 is 2.00 bits per heavy atom. The van der Waals surface area contributed by atoms with Crippen LogP contribution < -0.4 is 0 Å². The number of rotatable bonds is 4. The molecule has 1 N–H and O–H groups in total. The molecule has 0 aliphatic carbocycles. The first-order valence-electron chi connectivity index (χ1n) is 6.09. The standard InChI is InChI=1S/C14H17NO3/c1-10(16)12-7-13(14(17)18)15(9-12)8-11-5-3-2-4-6-11/h2-6,12-13H,7-9H2,1H3,(H,17,18)/t12?,13-/m0/s1. The monoisotopic (exact) mass is 247 g/mol. The van der Waals surface area contributed by atoms with Gasteiger partial charge >= 0.3 is 5.97 Å². The third-order valence-corrected chi connectivity index (χ3v) is 3.49. The van der Waals surface area contributed by atoms with Crippen molar-refractivity contribution < 1.29 is 14.7 Å². The van der Waals surface area contributed by atoms with Crippen LogP contribution >= 0.6 is 0 Å². The van der Waals surface area contributed by atoms with E-state index in [1.54, 1.807) is 0 Å². The third kappa shape index (κ3) is 2.76. The van der Waals surface area contributed by atoms with Crippen molar-refractivity contribution in [1.29, 1.82) is 0 Å². The van der Waals surface area contributed by atoms with E-state index >= 15 is 0 Å². The van der Waals surface area contributed by atoms with Gasteiger partial charge in [0.05, 0.1) is 0 Å². The highest BCUT2D eigenvalue weighted by molar-refractivity contribution is 5.81. The van der Waals surface area contributed by atoms with Crippen LogP contribution in [0.1, 0.15) is 18.9 Å². The van der Waals surface area contributed by atoms with E-state index in [4.69, 9.17) is 0 Å². The van der Waals surface area contributed by atoms with E-state index in [-0.39, 0.29) is 11.7 Å². The van der Waals surface area contributed by atoms with Crippen LogP contribution in [0.25, 0.3) is 0 Å². The molecule has 2 atom stereocenters. The lowest BCUT2D eigenvalue weighted by atomic mass is 10.0. The highest BCUT2D eigenvalue weighted by Gasteiger charge is 2.38. The zero-order chi connectivity index (χ0) is 13.1. The molecule has 1 heterocycles. The number of aliphatic carboxylic acids is 1. The summed E-state index contributed by atoms with van der Waals surface area (Å²) in [4.78, 5) is 24.5. The second kappa shape index (κ2) is 5.31. The van der Waals surface area contributed by atoms with E-state index in [1.165, 1.54) is 6.92 Å². The molecule has 0 bridgehead atoms. The minimum atomic E-state index is -0.838. The fraction of sp³-hybridized carbons (Fsp3) is 0.429. The van der Waals surface area contributed by atoms with E-state index in [0.717, 1.165) is 5.56 Å². The molecule has 0 saturated carbocycles. The SMILES string of the molecule is CC(=O)C1C[C@@H](C(=O)O)N(Cc2ccccc2)C1. The Morgan fingerprint density at radius 1 is 1.33 bits per heavy atom. The van der Waals surface area contributed by atoms with Crippen LogP contribution in [0.2, 0.25) is 0 Å². The second-order valence-electron chi connectivity index (χ2n) is 4.81. The highest BCUT2D eigenvalue weighted by Crippen LogP contribution is 2.26. The van der Waals surface area contributed by atoms with Crippen LogP contribution in [0.3, 0.4) is 0 Å². The summed E-state index contributed by atoms with van der Waals surface area (Å²) >= 11 is 0. The molecule has 96 valence electrons. The van der Waals surface area contributed by atoms with Crippen molar-refractivity contribution in [1.82, 2.24) is 4.90 Å². The molecule has 0 spiro atoms. The van der Waals surface area contributed by atoms with Crippen LogP contribution in [0.4, 0.5) is 0 Å². The van der Waals surface area contributed by atoms with Crippen LogP contribution in [-0.4, -0.2) is 34.3 Å². The second-order valence-corrected chi connectivity index (χ2v) is 4.81. The lowest BCUT2D eigenvalue weighted by Gasteiger charge is -2.20. The molecule has 1 aromatic rings. The first-order valence-corrected chi connectivity index (χ1v) is 6.09. The predicted molar refractivity (Wildman–Crippen MR) is 67.1 cm³/mol. The zero-order valence-electron chi connectivity index (χ0n) is 10.4. The van der Waals surface area contributed by atoms with Gasteiger partial charge < -0.3 is 5.11 Å². The molecule has 4 heteroatoms. The molecule has 0 radical (unpaired) electrons. The minimum Gasteiger partial charge on any atom is -0.480 e. The Kier molecular flexibility index (Phi) is 3.77. The number of Topliss-reactive ketones (excluding diaryl/α,β-unsaturated/α-hetero) is 1. The van der Waals surface area contributed by atoms with Crippen molar-refractivity contribution in [3.8, 4) is 0 Å². The van der Waals surface area contributed by atoms with E-state index < -0.39 is 12.0 Å². The average Bonchev–Trinajstić information content (AvgIpc) is 2.74. The van der Waals surface area contributed by atoms with Crippen molar-refractivity contribution in [2.45, 2.75) is 25.9 Å². The van der Waals surface area contributed by atoms with Crippen molar-refractivity contribution in [2.75, 3.05) is 6.54 Å². The van der Waals surface area contributed by atoms with Gasteiger partial charge in [-0.05, 0) is 18.9 Å². The smallest absolute Gasteiger partial charge is 0.320 e. The van der Waals surface area contributed by atoms with Crippen LogP contribution in [0, 0.1) is 5.92 Å². The number of nitrogens with zero attached hydrogens (tertiary/aromatic N) is 1. The normalized spacial score (nSPS) is 24.1. The minimum absolute atomic E-state index is 0.0804. The number of likely N-dealkylation sites (tertiary alicyclic amines) is 1. The molecule has 0 amide bonds. The van der Waals surface area contributed by atoms with Crippen molar-refractivity contribution in [2.24, 2.45) is 5.92 Å². The van der Waals surface area contributed by atoms with Crippen LogP contribution in [-0.2, 0) is 16.1 Å². The molecule has 18 heavy (non-hydrogen) atoms. The largest absolute Gasteiger partial charge is 0.480 e. The molecular formula is C14H17NO3. The van der Waals surface area contributed by atoms with Gasteiger partial charge in [-0.1, -0.05) is 30.3 Å². The fourth-order valence-corrected chi connectivity index (χ4v) is 2.45. The summed E-state index contributed by atoms with van der Waals surface area (Å²) in [6, 6.07) is 9.20. The quantitative estimate of drug-likeness (QED) is 0.877. The Bertz CT molecular complexity index is 444. The summed E-state index contributed by atoms with van der Waals surface area (Å²) in [7, 11) is 0. The maximum Gasteiger partial charge on any atom is 0.320 e. The molecule has 1 aromatic carbocycles. The Balaban J connectivity index is 2.10. The fourth-order valence-electron chi connectivity index (χ4n) is 2.45. The Hall–Kier alpha value is -1.68. The maximum absolute atomic E-state index is 11.4. The summed E-state index contributed by atoms with van der Waals surface area (Å²) in [6.45, 7) is 2.67. The predicted octanol–water partition coefficient (Wildman–Crippen LogP) is 1.55.